The minimum absolute atomic E-state index is 0.0668. The number of rotatable bonds is 4. The van der Waals surface area contributed by atoms with Crippen molar-refractivity contribution >= 4 is 23.3 Å². The van der Waals surface area contributed by atoms with E-state index in [4.69, 9.17) is 0 Å². The Balaban J connectivity index is 1.97. The van der Waals surface area contributed by atoms with Crippen LogP contribution in [0, 0.1) is 5.92 Å². The molecule has 1 saturated carbocycles. The van der Waals surface area contributed by atoms with E-state index in [2.05, 4.69) is 15.6 Å². The van der Waals surface area contributed by atoms with Crippen molar-refractivity contribution < 1.29 is 14.7 Å². The standard InChI is InChI=1S/C13H19N3O3S/c1-9-4-2-3-5-13(9,11(17)18)16-12(19)15-7-10-6-14-8-20-10/h6,8-9H,2-5,7H2,1H3,(H,17,18)(H2,15,16,19). The Morgan fingerprint density at radius 3 is 2.95 bits per heavy atom. The van der Waals surface area contributed by atoms with Crippen LogP contribution in [0.4, 0.5) is 4.79 Å². The van der Waals surface area contributed by atoms with Crippen molar-refractivity contribution in [3.05, 3.63) is 16.6 Å². The second-order valence-corrected chi connectivity index (χ2v) is 6.17. The quantitative estimate of drug-likeness (QED) is 0.792. The molecule has 3 N–H and O–H groups in total. The van der Waals surface area contributed by atoms with Gasteiger partial charge in [-0.3, -0.25) is 4.98 Å². The van der Waals surface area contributed by atoms with E-state index in [1.165, 1.54) is 11.3 Å². The van der Waals surface area contributed by atoms with Gasteiger partial charge in [0.2, 0.25) is 0 Å². The Hall–Kier alpha value is -1.63. The molecule has 110 valence electrons. The number of carboxylic acid groups (broad SMARTS) is 1. The lowest BCUT2D eigenvalue weighted by molar-refractivity contribution is -0.148. The number of hydrogen-bond donors (Lipinski definition) is 3. The van der Waals surface area contributed by atoms with Crippen molar-refractivity contribution in [1.82, 2.24) is 15.6 Å². The van der Waals surface area contributed by atoms with Gasteiger partial charge in [0.05, 0.1) is 12.1 Å². The van der Waals surface area contributed by atoms with E-state index < -0.39 is 17.5 Å². The lowest BCUT2D eigenvalue weighted by atomic mass is 9.73. The predicted molar refractivity (Wildman–Crippen MR) is 75.5 cm³/mol. The van der Waals surface area contributed by atoms with Gasteiger partial charge in [0.1, 0.15) is 5.54 Å². The van der Waals surface area contributed by atoms with Crippen LogP contribution in [0.15, 0.2) is 11.7 Å². The van der Waals surface area contributed by atoms with Gasteiger partial charge >= 0.3 is 12.0 Å². The smallest absolute Gasteiger partial charge is 0.329 e. The van der Waals surface area contributed by atoms with Gasteiger partial charge < -0.3 is 15.7 Å². The van der Waals surface area contributed by atoms with Gasteiger partial charge in [0.15, 0.2) is 0 Å². The van der Waals surface area contributed by atoms with Crippen molar-refractivity contribution in [2.75, 3.05) is 0 Å². The van der Waals surface area contributed by atoms with Gasteiger partial charge in [-0.2, -0.15) is 0 Å². The average Bonchev–Trinajstić information content (AvgIpc) is 2.92. The summed E-state index contributed by atoms with van der Waals surface area (Å²) in [4.78, 5) is 28.4. The Morgan fingerprint density at radius 1 is 1.55 bits per heavy atom. The van der Waals surface area contributed by atoms with Gasteiger partial charge in [-0.05, 0) is 18.8 Å². The molecule has 1 fully saturated rings. The molecule has 7 heteroatoms. The highest BCUT2D eigenvalue weighted by Gasteiger charge is 2.46. The second kappa shape index (κ2) is 6.21. The molecule has 2 amide bonds. The monoisotopic (exact) mass is 297 g/mol. The molecule has 0 aliphatic heterocycles. The van der Waals surface area contributed by atoms with Gasteiger partial charge in [-0.25, -0.2) is 9.59 Å². The fourth-order valence-corrected chi connectivity index (χ4v) is 3.18. The summed E-state index contributed by atoms with van der Waals surface area (Å²) in [7, 11) is 0. The third-order valence-electron chi connectivity index (χ3n) is 3.92. The zero-order valence-electron chi connectivity index (χ0n) is 11.4. The summed E-state index contributed by atoms with van der Waals surface area (Å²) in [5.74, 6) is -1.01. The molecule has 1 aromatic rings. The maximum absolute atomic E-state index is 12.0. The third kappa shape index (κ3) is 3.09. The molecule has 1 aromatic heterocycles. The number of amides is 2. The van der Waals surface area contributed by atoms with E-state index in [9.17, 15) is 14.7 Å². The van der Waals surface area contributed by atoms with Crippen LogP contribution >= 0.6 is 11.3 Å². The van der Waals surface area contributed by atoms with Crippen LogP contribution in [-0.2, 0) is 11.3 Å². The summed E-state index contributed by atoms with van der Waals surface area (Å²) < 4.78 is 0. The van der Waals surface area contributed by atoms with Gasteiger partial charge in [0, 0.05) is 11.1 Å². The van der Waals surface area contributed by atoms with Crippen LogP contribution in [0.3, 0.4) is 0 Å². The lowest BCUT2D eigenvalue weighted by Crippen LogP contribution is -2.61. The normalized spacial score (nSPS) is 25.9. The van der Waals surface area contributed by atoms with Gasteiger partial charge in [-0.15, -0.1) is 11.3 Å². The van der Waals surface area contributed by atoms with Crippen LogP contribution in [0.5, 0.6) is 0 Å². The van der Waals surface area contributed by atoms with Gasteiger partial charge in [0.25, 0.3) is 0 Å². The first-order chi connectivity index (χ1) is 9.54. The molecule has 0 aromatic carbocycles. The Bertz CT molecular complexity index is 477. The van der Waals surface area contributed by atoms with Crippen LogP contribution in [0.1, 0.15) is 37.5 Å². The van der Waals surface area contributed by atoms with Crippen molar-refractivity contribution in [3.63, 3.8) is 0 Å². The topological polar surface area (TPSA) is 91.3 Å². The Kier molecular flexibility index (Phi) is 4.59. The maximum atomic E-state index is 12.0. The highest BCUT2D eigenvalue weighted by Crippen LogP contribution is 2.33. The number of carboxylic acids is 1. The zero-order valence-corrected chi connectivity index (χ0v) is 12.2. The van der Waals surface area contributed by atoms with E-state index in [0.717, 1.165) is 24.1 Å². The second-order valence-electron chi connectivity index (χ2n) is 5.20. The highest BCUT2D eigenvalue weighted by molar-refractivity contribution is 7.09. The number of hydrogen-bond acceptors (Lipinski definition) is 4. The molecule has 0 spiro atoms. The maximum Gasteiger partial charge on any atom is 0.329 e. The summed E-state index contributed by atoms with van der Waals surface area (Å²) in [5.41, 5.74) is 0.549. The fourth-order valence-electron chi connectivity index (χ4n) is 2.65. The van der Waals surface area contributed by atoms with E-state index in [1.54, 1.807) is 11.7 Å². The van der Waals surface area contributed by atoms with Crippen molar-refractivity contribution in [1.29, 1.82) is 0 Å². The number of aliphatic carboxylic acids is 1. The number of urea groups is 1. The lowest BCUT2D eigenvalue weighted by Gasteiger charge is -2.39. The predicted octanol–water partition coefficient (Wildman–Crippen LogP) is 1.98. The zero-order chi connectivity index (χ0) is 14.6. The first-order valence-electron chi connectivity index (χ1n) is 6.71. The number of nitrogens with zero attached hydrogens (tertiary/aromatic N) is 1. The molecule has 2 rings (SSSR count). The van der Waals surface area contributed by atoms with Gasteiger partial charge in [-0.1, -0.05) is 19.8 Å². The summed E-state index contributed by atoms with van der Waals surface area (Å²) >= 11 is 1.45. The largest absolute Gasteiger partial charge is 0.479 e. The number of aromatic nitrogens is 1. The fraction of sp³-hybridized carbons (Fsp3) is 0.615. The molecule has 0 saturated heterocycles. The number of nitrogens with one attached hydrogen (secondary N) is 2. The molecule has 1 aliphatic carbocycles. The molecule has 2 unspecified atom stereocenters. The van der Waals surface area contributed by atoms with E-state index >= 15 is 0 Å². The number of carbonyl (C=O) groups excluding carboxylic acids is 1. The van der Waals surface area contributed by atoms with Crippen molar-refractivity contribution in [2.45, 2.75) is 44.7 Å². The molecular formula is C13H19N3O3S. The molecule has 1 heterocycles. The molecule has 20 heavy (non-hydrogen) atoms. The highest BCUT2D eigenvalue weighted by atomic mass is 32.1. The summed E-state index contributed by atoms with van der Waals surface area (Å²) in [5, 5.41) is 14.9. The summed E-state index contributed by atoms with van der Waals surface area (Å²) in [6.07, 6.45) is 4.83. The molecule has 1 aliphatic rings. The van der Waals surface area contributed by atoms with E-state index in [1.807, 2.05) is 6.92 Å². The average molecular weight is 297 g/mol. The molecule has 2 atom stereocenters. The van der Waals surface area contributed by atoms with Crippen molar-refractivity contribution in [3.8, 4) is 0 Å². The number of carbonyl (C=O) groups is 2. The summed E-state index contributed by atoms with van der Waals surface area (Å²) in [6, 6.07) is -0.436. The molecule has 6 nitrogen and oxygen atoms in total. The molecular weight excluding hydrogens is 278 g/mol. The number of thiazole rings is 1. The summed E-state index contributed by atoms with van der Waals surface area (Å²) in [6.45, 7) is 2.25. The van der Waals surface area contributed by atoms with Crippen LogP contribution in [0.2, 0.25) is 0 Å². The van der Waals surface area contributed by atoms with Crippen LogP contribution in [0.25, 0.3) is 0 Å². The minimum Gasteiger partial charge on any atom is -0.479 e. The minimum atomic E-state index is -1.14. The van der Waals surface area contributed by atoms with E-state index in [0.29, 0.717) is 13.0 Å². The SMILES string of the molecule is CC1CCCCC1(NC(=O)NCc1cncs1)C(=O)O. The van der Waals surface area contributed by atoms with Crippen LogP contribution in [-0.4, -0.2) is 27.6 Å². The van der Waals surface area contributed by atoms with Crippen molar-refractivity contribution in [2.24, 2.45) is 5.92 Å². The van der Waals surface area contributed by atoms with Crippen LogP contribution < -0.4 is 10.6 Å². The van der Waals surface area contributed by atoms with E-state index in [-0.39, 0.29) is 5.92 Å². The third-order valence-corrected chi connectivity index (χ3v) is 4.70. The Morgan fingerprint density at radius 2 is 2.35 bits per heavy atom. The first kappa shape index (κ1) is 14.8. The molecule has 0 radical (unpaired) electrons. The molecule has 0 bridgehead atoms. The first-order valence-corrected chi connectivity index (χ1v) is 7.59. The Labute approximate surface area is 121 Å².